The topological polar surface area (TPSA) is 24.9 Å². The van der Waals surface area contributed by atoms with Crippen molar-refractivity contribution >= 4 is 22.9 Å². The van der Waals surface area contributed by atoms with Crippen molar-refractivity contribution in [2.24, 2.45) is 0 Å². The molecule has 2 heterocycles. The van der Waals surface area contributed by atoms with Crippen LogP contribution in [0.1, 0.15) is 27.7 Å². The molecule has 0 saturated carbocycles. The fourth-order valence-corrected chi connectivity index (χ4v) is 3.28. The molecule has 0 aromatic carbocycles. The number of pyridine rings is 1. The summed E-state index contributed by atoms with van der Waals surface area (Å²) < 4.78 is 0. The highest BCUT2D eigenvalue weighted by atomic mass is 35.5. The Kier molecular flexibility index (Phi) is 4.38. The second-order valence-electron chi connectivity index (χ2n) is 4.47. The van der Waals surface area contributed by atoms with Crippen LogP contribution in [-0.2, 0) is 6.42 Å². The van der Waals surface area contributed by atoms with E-state index in [1.165, 1.54) is 10.4 Å². The highest BCUT2D eigenvalue weighted by Crippen LogP contribution is 2.33. The first kappa shape index (κ1) is 13.5. The molecule has 1 unspecified atom stereocenters. The first-order chi connectivity index (χ1) is 8.61. The normalized spacial score (nSPS) is 12.7. The van der Waals surface area contributed by atoms with Crippen molar-refractivity contribution in [2.45, 2.75) is 26.3 Å². The molecule has 0 radical (unpaired) electrons. The van der Waals surface area contributed by atoms with Crippen LogP contribution in [0.15, 0.2) is 23.7 Å². The van der Waals surface area contributed by atoms with Gasteiger partial charge in [-0.05, 0) is 43.5 Å². The Balaban J connectivity index is 2.19. The minimum atomic E-state index is 0.228. The minimum absolute atomic E-state index is 0.228. The number of rotatable bonds is 4. The van der Waals surface area contributed by atoms with E-state index in [0.717, 1.165) is 22.7 Å². The van der Waals surface area contributed by atoms with Crippen molar-refractivity contribution in [3.05, 3.63) is 50.4 Å². The van der Waals surface area contributed by atoms with Gasteiger partial charge in [0.25, 0.3) is 0 Å². The van der Waals surface area contributed by atoms with Crippen LogP contribution in [-0.4, -0.2) is 12.0 Å². The van der Waals surface area contributed by atoms with E-state index >= 15 is 0 Å². The van der Waals surface area contributed by atoms with E-state index in [1.54, 1.807) is 11.3 Å². The zero-order valence-electron chi connectivity index (χ0n) is 10.8. The van der Waals surface area contributed by atoms with Crippen molar-refractivity contribution in [3.8, 4) is 0 Å². The van der Waals surface area contributed by atoms with E-state index in [9.17, 15) is 0 Å². The molecule has 0 aliphatic rings. The van der Waals surface area contributed by atoms with Crippen LogP contribution in [0.25, 0.3) is 0 Å². The molecule has 2 nitrogen and oxygen atoms in total. The Morgan fingerprint density at radius 1 is 1.39 bits per heavy atom. The highest BCUT2D eigenvalue weighted by Gasteiger charge is 2.17. The molecule has 2 aromatic heterocycles. The molecule has 2 rings (SSSR count). The third-order valence-corrected chi connectivity index (χ3v) is 4.80. The van der Waals surface area contributed by atoms with Gasteiger partial charge in [0.15, 0.2) is 0 Å². The summed E-state index contributed by atoms with van der Waals surface area (Å²) >= 11 is 8.03. The lowest BCUT2D eigenvalue weighted by atomic mass is 10.1. The lowest BCUT2D eigenvalue weighted by molar-refractivity contribution is 0.594. The van der Waals surface area contributed by atoms with E-state index < -0.39 is 0 Å². The number of halogens is 1. The smallest absolute Gasteiger partial charge is 0.0590 e. The lowest BCUT2D eigenvalue weighted by Crippen LogP contribution is -2.18. The number of likely N-dealkylation sites (N-methyl/N-ethyl adjacent to an activating group) is 1. The van der Waals surface area contributed by atoms with Gasteiger partial charge in [-0.1, -0.05) is 17.7 Å². The summed E-state index contributed by atoms with van der Waals surface area (Å²) in [7, 11) is 1.96. The van der Waals surface area contributed by atoms with Gasteiger partial charge < -0.3 is 5.32 Å². The molecule has 2 aromatic rings. The maximum atomic E-state index is 6.32. The van der Waals surface area contributed by atoms with Crippen molar-refractivity contribution in [3.63, 3.8) is 0 Å². The Labute approximate surface area is 117 Å². The fraction of sp³-hybridized carbons (Fsp3) is 0.357. The van der Waals surface area contributed by atoms with Gasteiger partial charge in [0.05, 0.1) is 5.02 Å². The number of aryl methyl sites for hydroxylation is 2. The van der Waals surface area contributed by atoms with Crippen molar-refractivity contribution in [2.75, 3.05) is 7.05 Å². The average Bonchev–Trinajstić information content (AvgIpc) is 2.70. The van der Waals surface area contributed by atoms with Gasteiger partial charge in [0.2, 0.25) is 0 Å². The second-order valence-corrected chi connectivity index (χ2v) is 5.76. The zero-order valence-corrected chi connectivity index (χ0v) is 12.4. The molecule has 1 N–H and O–H groups in total. The molecule has 0 amide bonds. The molecule has 0 fully saturated rings. The number of hydrogen-bond donors (Lipinski definition) is 1. The summed E-state index contributed by atoms with van der Waals surface area (Å²) in [6.07, 6.45) is 2.76. The maximum absolute atomic E-state index is 6.32. The Morgan fingerprint density at radius 2 is 2.17 bits per heavy atom. The Morgan fingerprint density at radius 3 is 2.67 bits per heavy atom. The maximum Gasteiger partial charge on any atom is 0.0590 e. The summed E-state index contributed by atoms with van der Waals surface area (Å²) in [6.45, 7) is 4.09. The zero-order chi connectivity index (χ0) is 13.1. The van der Waals surface area contributed by atoms with Crippen molar-refractivity contribution in [1.82, 2.24) is 10.3 Å². The van der Waals surface area contributed by atoms with Crippen LogP contribution in [0.2, 0.25) is 5.02 Å². The summed E-state index contributed by atoms with van der Waals surface area (Å²) in [5, 5.41) is 6.30. The Bertz CT molecular complexity index is 519. The largest absolute Gasteiger partial charge is 0.312 e. The number of thiophene rings is 1. The van der Waals surface area contributed by atoms with E-state index in [2.05, 4.69) is 27.8 Å². The minimum Gasteiger partial charge on any atom is -0.312 e. The monoisotopic (exact) mass is 280 g/mol. The third kappa shape index (κ3) is 2.91. The van der Waals surface area contributed by atoms with Gasteiger partial charge in [-0.3, -0.25) is 4.98 Å². The average molecular weight is 281 g/mol. The van der Waals surface area contributed by atoms with Crippen LogP contribution >= 0.6 is 22.9 Å². The van der Waals surface area contributed by atoms with Gasteiger partial charge in [-0.15, -0.1) is 11.3 Å². The fourth-order valence-electron chi connectivity index (χ4n) is 1.84. The van der Waals surface area contributed by atoms with Gasteiger partial charge in [0.1, 0.15) is 0 Å². The molecule has 4 heteroatoms. The van der Waals surface area contributed by atoms with Gasteiger partial charge in [-0.2, -0.15) is 0 Å². The van der Waals surface area contributed by atoms with Crippen LogP contribution in [0.3, 0.4) is 0 Å². The van der Waals surface area contributed by atoms with Gasteiger partial charge in [-0.25, -0.2) is 0 Å². The van der Waals surface area contributed by atoms with Crippen LogP contribution in [0.5, 0.6) is 0 Å². The van der Waals surface area contributed by atoms with Crippen LogP contribution in [0, 0.1) is 13.8 Å². The first-order valence-electron chi connectivity index (χ1n) is 5.94. The molecule has 0 saturated heterocycles. The predicted molar refractivity (Wildman–Crippen MR) is 78.5 cm³/mol. The highest BCUT2D eigenvalue weighted by molar-refractivity contribution is 7.10. The summed E-state index contributed by atoms with van der Waals surface area (Å²) in [6, 6.07) is 4.40. The van der Waals surface area contributed by atoms with Crippen molar-refractivity contribution in [1.29, 1.82) is 0 Å². The van der Waals surface area contributed by atoms with E-state index in [-0.39, 0.29) is 6.04 Å². The molecule has 0 aliphatic heterocycles. The Hall–Kier alpha value is -0.900. The quantitative estimate of drug-likeness (QED) is 0.918. The molecule has 0 spiro atoms. The summed E-state index contributed by atoms with van der Waals surface area (Å²) in [4.78, 5) is 5.64. The molecule has 0 bridgehead atoms. The predicted octanol–water partition coefficient (Wildman–Crippen LogP) is 3.92. The second kappa shape index (κ2) is 5.83. The third-order valence-electron chi connectivity index (χ3n) is 2.98. The van der Waals surface area contributed by atoms with E-state index in [4.69, 9.17) is 11.6 Å². The first-order valence-corrected chi connectivity index (χ1v) is 7.20. The molecule has 1 atom stereocenters. The van der Waals surface area contributed by atoms with Gasteiger partial charge in [0, 0.05) is 29.2 Å². The molecule has 96 valence electrons. The number of aromatic nitrogens is 1. The van der Waals surface area contributed by atoms with Crippen molar-refractivity contribution < 1.29 is 0 Å². The number of hydrogen-bond acceptors (Lipinski definition) is 3. The molecular weight excluding hydrogens is 264 g/mol. The van der Waals surface area contributed by atoms with Crippen LogP contribution in [0.4, 0.5) is 0 Å². The summed E-state index contributed by atoms with van der Waals surface area (Å²) in [5.74, 6) is 0. The number of nitrogens with zero attached hydrogens (tertiary/aromatic N) is 1. The lowest BCUT2D eigenvalue weighted by Gasteiger charge is -2.15. The molecular formula is C14H17ClN2S. The van der Waals surface area contributed by atoms with Gasteiger partial charge >= 0.3 is 0 Å². The molecule has 0 aliphatic carbocycles. The molecule has 18 heavy (non-hydrogen) atoms. The SMILES string of the molecule is CNC(Cc1ccc(C)cn1)c1scc(C)c1Cl. The van der Waals surface area contributed by atoms with E-state index in [1.807, 2.05) is 27.1 Å². The summed E-state index contributed by atoms with van der Waals surface area (Å²) in [5.41, 5.74) is 3.42. The standard InChI is InChI=1S/C14H17ClN2S/c1-9-4-5-11(17-7-9)6-12(16-3)14-13(15)10(2)8-18-14/h4-5,7-8,12,16H,6H2,1-3H3. The van der Waals surface area contributed by atoms with E-state index in [0.29, 0.717) is 0 Å². The number of nitrogens with one attached hydrogen (secondary N) is 1. The van der Waals surface area contributed by atoms with Crippen LogP contribution < -0.4 is 5.32 Å².